The van der Waals surface area contributed by atoms with Crippen LogP contribution < -0.4 is 16.8 Å². The Balaban J connectivity index is 1.22. The van der Waals surface area contributed by atoms with Gasteiger partial charge in [-0.1, -0.05) is 89.0 Å². The molecule has 59 heavy (non-hydrogen) atoms. The Bertz CT molecular complexity index is 2090. The first-order valence-corrected chi connectivity index (χ1v) is 20.6. The number of hydrogen-bond acceptors (Lipinski definition) is 12. The Kier molecular flexibility index (Phi) is 17.0. The summed E-state index contributed by atoms with van der Waals surface area (Å²) in [5.74, 6) is -0.190. The predicted molar refractivity (Wildman–Crippen MR) is 235 cm³/mol. The Morgan fingerprint density at radius 2 is 1.46 bits per heavy atom. The van der Waals surface area contributed by atoms with Crippen LogP contribution in [0.2, 0.25) is 0 Å². The van der Waals surface area contributed by atoms with Crippen molar-refractivity contribution >= 4 is 28.8 Å². The maximum absolute atomic E-state index is 13.1. The smallest absolute Gasteiger partial charge is 0.246 e. The Labute approximate surface area is 347 Å². The molecular formula is C45H60N10O4. The van der Waals surface area contributed by atoms with Gasteiger partial charge in [0.2, 0.25) is 5.91 Å². The normalized spacial score (nSPS) is 16.0. The lowest BCUT2D eigenvalue weighted by Crippen LogP contribution is -2.30. The molecule has 1 unspecified atom stereocenters. The number of carbonyl (C=O) groups is 1. The Morgan fingerprint density at radius 3 is 2.12 bits per heavy atom. The minimum absolute atomic E-state index is 0.0967. The standard InChI is InChI=1S/C45H60N10O4/c1-30(32(3)52-57)49-27-39(28-50-31(2)33(4)53-58)55-42-12-6-5-7-13-43(45(42)51-54-55)59-29-44(56)48-25-22-34-14-16-36(17-15-34)41-26-38(19-18-37(41)21-24-47)40-11-9-8-10-35(40)20-23-46/h8-11,14-19,26,39,43,57-58H,5-7,12-13,20-25,27-29,46-47H2,1-4H3,(H,48,56)/b49-30?,50-31?,52-32+,53-33+. The Morgan fingerprint density at radius 1 is 0.814 bits per heavy atom. The molecule has 14 heteroatoms. The molecule has 1 atom stereocenters. The van der Waals surface area contributed by atoms with Crippen LogP contribution in [0.4, 0.5) is 0 Å². The summed E-state index contributed by atoms with van der Waals surface area (Å²) in [5.41, 5.74) is 23.8. The minimum atomic E-state index is -0.391. The summed E-state index contributed by atoms with van der Waals surface area (Å²) in [4.78, 5) is 22.4. The molecule has 0 saturated heterocycles. The van der Waals surface area contributed by atoms with Crippen LogP contribution in [-0.4, -0.2) is 93.5 Å². The number of fused-ring (bicyclic) bond motifs is 1. The summed E-state index contributed by atoms with van der Waals surface area (Å²) in [6.07, 6.45) is 6.27. The van der Waals surface area contributed by atoms with Gasteiger partial charge in [0.25, 0.3) is 0 Å². The van der Waals surface area contributed by atoms with Gasteiger partial charge in [0.1, 0.15) is 18.4 Å². The van der Waals surface area contributed by atoms with Crippen molar-refractivity contribution in [1.82, 2.24) is 20.3 Å². The fourth-order valence-electron chi connectivity index (χ4n) is 7.27. The third-order valence-corrected chi connectivity index (χ3v) is 11.0. The number of aliphatic imine (C=N–C) groups is 2. The molecule has 0 spiro atoms. The van der Waals surface area contributed by atoms with Gasteiger partial charge >= 0.3 is 0 Å². The number of carbonyl (C=O) groups excluding carboxylic acids is 1. The number of aromatic nitrogens is 3. The molecule has 0 radical (unpaired) electrons. The minimum Gasteiger partial charge on any atom is -0.411 e. The van der Waals surface area contributed by atoms with Gasteiger partial charge in [-0.3, -0.25) is 14.8 Å². The highest BCUT2D eigenvalue weighted by Gasteiger charge is 2.28. The zero-order valence-electron chi connectivity index (χ0n) is 34.9. The van der Waals surface area contributed by atoms with Crippen molar-refractivity contribution in [1.29, 1.82) is 0 Å². The molecule has 1 aliphatic rings. The zero-order valence-corrected chi connectivity index (χ0v) is 34.9. The molecule has 3 aromatic carbocycles. The van der Waals surface area contributed by atoms with Crippen LogP contribution in [0.3, 0.4) is 0 Å². The highest BCUT2D eigenvalue weighted by atomic mass is 16.5. The largest absolute Gasteiger partial charge is 0.411 e. The molecular weight excluding hydrogens is 745 g/mol. The van der Waals surface area contributed by atoms with Crippen LogP contribution in [0.5, 0.6) is 0 Å². The first-order valence-electron chi connectivity index (χ1n) is 20.6. The third-order valence-electron chi connectivity index (χ3n) is 11.0. The average Bonchev–Trinajstić information content (AvgIpc) is 3.65. The molecule has 0 fully saturated rings. The van der Waals surface area contributed by atoms with E-state index in [1.807, 2.05) is 4.68 Å². The first-order chi connectivity index (χ1) is 28.7. The molecule has 1 heterocycles. The van der Waals surface area contributed by atoms with E-state index in [-0.39, 0.29) is 18.6 Å². The highest BCUT2D eigenvalue weighted by molar-refractivity contribution is 6.40. The Hall–Kier alpha value is -5.57. The molecule has 314 valence electrons. The van der Waals surface area contributed by atoms with Crippen LogP contribution in [0.25, 0.3) is 22.3 Å². The molecule has 1 aromatic heterocycles. The highest BCUT2D eigenvalue weighted by Crippen LogP contribution is 2.33. The topological polar surface area (TPSA) is 211 Å². The SMILES string of the molecule is CC(=NCC(CN=C(C)/C(C)=N/O)n1nnc2c1CCCCCC2OCC(=O)NCCc1ccc(-c2cc(-c3ccccc3CCN)ccc2CCN)cc1)/C(C)=N/O. The van der Waals surface area contributed by atoms with Crippen LogP contribution in [0.1, 0.15) is 93.6 Å². The van der Waals surface area contributed by atoms with Gasteiger partial charge in [0.15, 0.2) is 0 Å². The van der Waals surface area contributed by atoms with E-state index >= 15 is 0 Å². The molecule has 0 aliphatic heterocycles. The van der Waals surface area contributed by atoms with E-state index in [1.54, 1.807) is 27.7 Å². The van der Waals surface area contributed by atoms with Crippen LogP contribution >= 0.6 is 0 Å². The van der Waals surface area contributed by atoms with Gasteiger partial charge in [-0.2, -0.15) is 0 Å². The average molecular weight is 805 g/mol. The van der Waals surface area contributed by atoms with Crippen LogP contribution in [-0.2, 0) is 35.2 Å². The van der Waals surface area contributed by atoms with E-state index in [9.17, 15) is 15.2 Å². The summed E-state index contributed by atoms with van der Waals surface area (Å²) < 4.78 is 8.13. The second-order valence-corrected chi connectivity index (χ2v) is 15.0. The summed E-state index contributed by atoms with van der Waals surface area (Å²) in [6.45, 7) is 9.09. The predicted octanol–water partition coefficient (Wildman–Crippen LogP) is 6.31. The number of amides is 1. The second kappa shape index (κ2) is 22.5. The van der Waals surface area contributed by atoms with E-state index < -0.39 is 6.10 Å². The van der Waals surface area contributed by atoms with Gasteiger partial charge in [-0.05, 0) is 124 Å². The molecule has 14 nitrogen and oxygen atoms in total. The van der Waals surface area contributed by atoms with Gasteiger partial charge < -0.3 is 31.9 Å². The molecule has 7 N–H and O–H groups in total. The van der Waals surface area contributed by atoms with Gasteiger partial charge in [0, 0.05) is 6.54 Å². The zero-order chi connectivity index (χ0) is 42.1. The molecule has 1 aliphatic carbocycles. The van der Waals surface area contributed by atoms with Crippen LogP contribution in [0.15, 0.2) is 87.0 Å². The number of benzene rings is 3. The van der Waals surface area contributed by atoms with Crippen molar-refractivity contribution in [2.24, 2.45) is 31.8 Å². The number of oxime groups is 2. The number of ether oxygens (including phenoxy) is 1. The number of hydrogen-bond donors (Lipinski definition) is 5. The summed E-state index contributed by atoms with van der Waals surface area (Å²) in [6, 6.07) is 23.2. The summed E-state index contributed by atoms with van der Waals surface area (Å²) >= 11 is 0. The fourth-order valence-corrected chi connectivity index (χ4v) is 7.27. The molecule has 1 amide bonds. The van der Waals surface area contributed by atoms with Crippen molar-refractivity contribution in [3.63, 3.8) is 0 Å². The van der Waals surface area contributed by atoms with Crippen molar-refractivity contribution < 1.29 is 19.9 Å². The van der Waals surface area contributed by atoms with Crippen molar-refractivity contribution in [3.05, 3.63) is 94.8 Å². The molecule has 5 rings (SSSR count). The van der Waals surface area contributed by atoms with Crippen LogP contribution in [0, 0.1) is 0 Å². The van der Waals surface area contributed by atoms with Gasteiger partial charge in [0.05, 0.1) is 47.7 Å². The molecule has 4 aromatic rings. The number of nitrogens with two attached hydrogens (primary N) is 2. The van der Waals surface area contributed by atoms with E-state index in [0.717, 1.165) is 73.0 Å². The monoisotopic (exact) mass is 804 g/mol. The van der Waals surface area contributed by atoms with E-state index in [0.29, 0.717) is 62.0 Å². The van der Waals surface area contributed by atoms with E-state index in [4.69, 9.17) is 16.2 Å². The number of nitrogens with one attached hydrogen (secondary N) is 1. The lowest BCUT2D eigenvalue weighted by Gasteiger charge is -2.22. The molecule has 0 bridgehead atoms. The number of rotatable bonds is 19. The van der Waals surface area contributed by atoms with E-state index in [1.165, 1.54) is 22.3 Å². The summed E-state index contributed by atoms with van der Waals surface area (Å²) in [7, 11) is 0. The van der Waals surface area contributed by atoms with Crippen molar-refractivity contribution in [3.8, 4) is 22.3 Å². The summed E-state index contributed by atoms with van der Waals surface area (Å²) in [5, 5.41) is 37.2. The lowest BCUT2D eigenvalue weighted by atomic mass is 9.90. The third kappa shape index (κ3) is 12.2. The first kappa shape index (κ1) is 44.5. The second-order valence-electron chi connectivity index (χ2n) is 15.0. The van der Waals surface area contributed by atoms with Gasteiger partial charge in [-0.15, -0.1) is 5.10 Å². The fraction of sp³-hybridized carbons (Fsp3) is 0.444. The van der Waals surface area contributed by atoms with Crippen molar-refractivity contribution in [2.75, 3.05) is 39.3 Å². The number of nitrogens with zero attached hydrogens (tertiary/aromatic N) is 7. The molecule has 0 saturated carbocycles. The quantitative estimate of drug-likeness (QED) is 0.0411. The lowest BCUT2D eigenvalue weighted by molar-refractivity contribution is -0.128. The maximum Gasteiger partial charge on any atom is 0.246 e. The maximum atomic E-state index is 13.1. The van der Waals surface area contributed by atoms with Gasteiger partial charge in [-0.25, -0.2) is 4.68 Å². The van der Waals surface area contributed by atoms with Crippen molar-refractivity contribution in [2.45, 2.75) is 91.2 Å². The van der Waals surface area contributed by atoms with E-state index in [2.05, 4.69) is 103 Å².